The van der Waals surface area contributed by atoms with Gasteiger partial charge in [0.25, 0.3) is 0 Å². The molecule has 1 aromatic carbocycles. The number of hydrogen-bond donors (Lipinski definition) is 0. The van der Waals surface area contributed by atoms with Gasteiger partial charge in [-0.3, -0.25) is 4.79 Å². The standard InChI is InChI=1S/C18H27N3O3S/c1-19(2)25(23,24)16-4-5-17-15(13-16)8-11-21(17)18(22)12-14-6-9-20(3)10-7-14/h4-5,13-14H,6-12H2,1-3H3. The number of carbonyl (C=O) groups excluding carboxylic acids is 1. The molecule has 0 spiro atoms. The van der Waals surface area contributed by atoms with Crippen molar-refractivity contribution < 1.29 is 13.2 Å². The molecule has 6 nitrogen and oxygen atoms in total. The topological polar surface area (TPSA) is 60.9 Å². The first-order chi connectivity index (χ1) is 11.8. The number of likely N-dealkylation sites (tertiary alicyclic amines) is 1. The van der Waals surface area contributed by atoms with Gasteiger partial charge in [0.2, 0.25) is 15.9 Å². The molecular weight excluding hydrogens is 338 g/mol. The van der Waals surface area contributed by atoms with Crippen molar-refractivity contribution in [3.8, 4) is 0 Å². The van der Waals surface area contributed by atoms with Crippen LogP contribution < -0.4 is 4.90 Å². The third-order valence-electron chi connectivity index (χ3n) is 5.33. The summed E-state index contributed by atoms with van der Waals surface area (Å²) >= 11 is 0. The third-order valence-corrected chi connectivity index (χ3v) is 7.14. The molecule has 1 saturated heterocycles. The quantitative estimate of drug-likeness (QED) is 0.812. The Morgan fingerprint density at radius 2 is 1.88 bits per heavy atom. The lowest BCUT2D eigenvalue weighted by atomic mass is 9.93. The number of fused-ring (bicyclic) bond motifs is 1. The lowest BCUT2D eigenvalue weighted by Gasteiger charge is -2.29. The van der Waals surface area contributed by atoms with Crippen molar-refractivity contribution in [2.24, 2.45) is 5.92 Å². The van der Waals surface area contributed by atoms with Crippen molar-refractivity contribution in [1.29, 1.82) is 0 Å². The molecule has 1 fully saturated rings. The summed E-state index contributed by atoms with van der Waals surface area (Å²) in [7, 11) is 1.74. The number of nitrogens with zero attached hydrogens (tertiary/aromatic N) is 3. The zero-order valence-corrected chi connectivity index (χ0v) is 16.1. The van der Waals surface area contributed by atoms with Crippen LogP contribution >= 0.6 is 0 Å². The van der Waals surface area contributed by atoms with Crippen LogP contribution in [0.25, 0.3) is 0 Å². The third kappa shape index (κ3) is 3.73. The van der Waals surface area contributed by atoms with E-state index in [1.54, 1.807) is 18.2 Å². The second-order valence-electron chi connectivity index (χ2n) is 7.32. The lowest BCUT2D eigenvalue weighted by molar-refractivity contribution is -0.119. The van der Waals surface area contributed by atoms with E-state index >= 15 is 0 Å². The van der Waals surface area contributed by atoms with Crippen LogP contribution in [0.2, 0.25) is 0 Å². The molecule has 2 aliphatic heterocycles. The van der Waals surface area contributed by atoms with Gasteiger partial charge in [-0.2, -0.15) is 0 Å². The van der Waals surface area contributed by atoms with Gasteiger partial charge in [0, 0.05) is 32.7 Å². The molecule has 0 aliphatic carbocycles. The summed E-state index contributed by atoms with van der Waals surface area (Å²) in [5.41, 5.74) is 1.82. The highest BCUT2D eigenvalue weighted by Gasteiger charge is 2.29. The van der Waals surface area contributed by atoms with E-state index in [1.807, 2.05) is 4.90 Å². The largest absolute Gasteiger partial charge is 0.312 e. The summed E-state index contributed by atoms with van der Waals surface area (Å²) in [6.07, 6.45) is 3.45. The smallest absolute Gasteiger partial charge is 0.242 e. The SMILES string of the molecule is CN1CCC(CC(=O)N2CCc3cc(S(=O)(=O)N(C)C)ccc32)CC1. The van der Waals surface area contributed by atoms with E-state index in [1.165, 1.54) is 18.4 Å². The molecule has 3 rings (SSSR count). The number of sulfonamides is 1. The monoisotopic (exact) mass is 365 g/mol. The Morgan fingerprint density at radius 3 is 2.52 bits per heavy atom. The minimum Gasteiger partial charge on any atom is -0.312 e. The average Bonchev–Trinajstić information content (AvgIpc) is 3.00. The van der Waals surface area contributed by atoms with Gasteiger partial charge in [-0.05, 0) is 69.1 Å². The van der Waals surface area contributed by atoms with E-state index in [0.717, 1.165) is 37.2 Å². The van der Waals surface area contributed by atoms with Crippen LogP contribution in [-0.4, -0.2) is 64.3 Å². The maximum Gasteiger partial charge on any atom is 0.242 e. The summed E-state index contributed by atoms with van der Waals surface area (Å²) in [4.78, 5) is 17.2. The molecule has 1 aromatic rings. The predicted octanol–water partition coefficient (Wildman–Crippen LogP) is 1.56. The number of carbonyl (C=O) groups is 1. The molecule has 0 aromatic heterocycles. The van der Waals surface area contributed by atoms with E-state index in [4.69, 9.17) is 0 Å². The number of amides is 1. The van der Waals surface area contributed by atoms with E-state index < -0.39 is 10.0 Å². The van der Waals surface area contributed by atoms with Crippen LogP contribution in [0.3, 0.4) is 0 Å². The molecule has 0 saturated carbocycles. The minimum absolute atomic E-state index is 0.163. The Kier molecular flexibility index (Phi) is 5.18. The van der Waals surface area contributed by atoms with Crippen LogP contribution in [0.5, 0.6) is 0 Å². The van der Waals surface area contributed by atoms with Crippen molar-refractivity contribution in [1.82, 2.24) is 9.21 Å². The summed E-state index contributed by atoms with van der Waals surface area (Å²) in [5, 5.41) is 0. The van der Waals surface area contributed by atoms with E-state index in [-0.39, 0.29) is 5.91 Å². The van der Waals surface area contributed by atoms with Crippen LogP contribution in [0, 0.1) is 5.92 Å². The fourth-order valence-electron chi connectivity index (χ4n) is 3.63. The van der Waals surface area contributed by atoms with Crippen LogP contribution in [0.4, 0.5) is 5.69 Å². The van der Waals surface area contributed by atoms with Crippen molar-refractivity contribution in [2.75, 3.05) is 45.7 Å². The van der Waals surface area contributed by atoms with Gasteiger partial charge in [-0.25, -0.2) is 12.7 Å². The Morgan fingerprint density at radius 1 is 1.20 bits per heavy atom. The highest BCUT2D eigenvalue weighted by atomic mass is 32.2. The second-order valence-corrected chi connectivity index (χ2v) is 9.48. The Hall–Kier alpha value is -1.44. The Bertz CT molecular complexity index is 753. The number of rotatable bonds is 4. The van der Waals surface area contributed by atoms with Crippen molar-refractivity contribution >= 4 is 21.6 Å². The molecule has 7 heteroatoms. The molecule has 0 N–H and O–H groups in total. The molecule has 0 bridgehead atoms. The van der Waals surface area contributed by atoms with Crippen LogP contribution in [0.1, 0.15) is 24.8 Å². The molecule has 0 unspecified atom stereocenters. The molecular formula is C18H27N3O3S. The summed E-state index contributed by atoms with van der Waals surface area (Å²) in [6.45, 7) is 2.76. The van der Waals surface area contributed by atoms with Crippen molar-refractivity contribution in [3.63, 3.8) is 0 Å². The second kappa shape index (κ2) is 7.05. The fourth-order valence-corrected chi connectivity index (χ4v) is 4.58. The number of piperidine rings is 1. The molecule has 1 amide bonds. The highest BCUT2D eigenvalue weighted by molar-refractivity contribution is 7.89. The normalized spacial score (nSPS) is 19.4. The number of benzene rings is 1. The van der Waals surface area contributed by atoms with Gasteiger partial charge in [0.15, 0.2) is 0 Å². The number of hydrogen-bond acceptors (Lipinski definition) is 4. The Balaban J connectivity index is 1.73. The molecule has 0 radical (unpaired) electrons. The lowest BCUT2D eigenvalue weighted by Crippen LogP contribution is -2.35. The van der Waals surface area contributed by atoms with Gasteiger partial charge in [0.1, 0.15) is 0 Å². The maximum atomic E-state index is 12.7. The summed E-state index contributed by atoms with van der Waals surface area (Å²) in [6, 6.07) is 5.11. The van der Waals surface area contributed by atoms with E-state index in [2.05, 4.69) is 11.9 Å². The van der Waals surface area contributed by atoms with Gasteiger partial charge in [-0.15, -0.1) is 0 Å². The van der Waals surface area contributed by atoms with Gasteiger partial charge >= 0.3 is 0 Å². The first-order valence-electron chi connectivity index (χ1n) is 8.83. The zero-order valence-electron chi connectivity index (χ0n) is 15.2. The summed E-state index contributed by atoms with van der Waals surface area (Å²) in [5.74, 6) is 0.623. The molecule has 138 valence electrons. The van der Waals surface area contributed by atoms with Gasteiger partial charge < -0.3 is 9.80 Å². The first-order valence-corrected chi connectivity index (χ1v) is 10.3. The molecule has 0 atom stereocenters. The maximum absolute atomic E-state index is 12.7. The van der Waals surface area contributed by atoms with E-state index in [0.29, 0.717) is 30.2 Å². The van der Waals surface area contributed by atoms with Gasteiger partial charge in [0.05, 0.1) is 4.90 Å². The number of anilines is 1. The Labute approximate surface area is 150 Å². The van der Waals surface area contributed by atoms with Crippen molar-refractivity contribution in [3.05, 3.63) is 23.8 Å². The molecule has 2 aliphatic rings. The van der Waals surface area contributed by atoms with E-state index in [9.17, 15) is 13.2 Å². The average molecular weight is 365 g/mol. The first kappa shape index (κ1) is 18.4. The summed E-state index contributed by atoms with van der Waals surface area (Å²) < 4.78 is 25.8. The van der Waals surface area contributed by atoms with Crippen LogP contribution in [-0.2, 0) is 21.2 Å². The van der Waals surface area contributed by atoms with Crippen LogP contribution in [0.15, 0.2) is 23.1 Å². The predicted molar refractivity (Wildman–Crippen MR) is 98.2 cm³/mol. The molecule has 25 heavy (non-hydrogen) atoms. The minimum atomic E-state index is -3.44. The highest BCUT2D eigenvalue weighted by Crippen LogP contribution is 2.32. The van der Waals surface area contributed by atoms with Gasteiger partial charge in [-0.1, -0.05) is 0 Å². The van der Waals surface area contributed by atoms with Crippen molar-refractivity contribution in [2.45, 2.75) is 30.6 Å². The fraction of sp³-hybridized carbons (Fsp3) is 0.611. The zero-order chi connectivity index (χ0) is 18.2. The molecule has 2 heterocycles.